The highest BCUT2D eigenvalue weighted by Gasteiger charge is 2.18. The molecule has 2 nitrogen and oxygen atoms in total. The third-order valence-corrected chi connectivity index (χ3v) is 4.24. The molecule has 1 aromatic heterocycles. The van der Waals surface area contributed by atoms with E-state index in [1.54, 1.807) is 11.3 Å². The van der Waals surface area contributed by atoms with Gasteiger partial charge in [0.2, 0.25) is 0 Å². The molecule has 0 aliphatic carbocycles. The maximum absolute atomic E-state index is 5.80. The Balaban J connectivity index is 2.81. The van der Waals surface area contributed by atoms with E-state index >= 15 is 0 Å². The van der Waals surface area contributed by atoms with Crippen molar-refractivity contribution in [3.63, 3.8) is 0 Å². The Hall–Kier alpha value is 0.1000. The minimum Gasteiger partial charge on any atom is -0.329 e. The Kier molecular flexibility index (Phi) is 4.57. The van der Waals surface area contributed by atoms with Crippen LogP contribution < -0.4 is 5.73 Å². The van der Waals surface area contributed by atoms with Crippen LogP contribution in [0.1, 0.15) is 24.8 Å². The number of rotatable bonds is 4. The van der Waals surface area contributed by atoms with Crippen LogP contribution in [0.25, 0.3) is 0 Å². The molecule has 0 aliphatic rings. The predicted molar refractivity (Wildman–Crippen MR) is 66.7 cm³/mol. The lowest BCUT2D eigenvalue weighted by Crippen LogP contribution is -2.34. The summed E-state index contributed by atoms with van der Waals surface area (Å²) in [4.78, 5) is 3.63. The van der Waals surface area contributed by atoms with E-state index in [-0.39, 0.29) is 0 Å². The van der Waals surface area contributed by atoms with Crippen LogP contribution >= 0.6 is 27.3 Å². The summed E-state index contributed by atoms with van der Waals surface area (Å²) < 4.78 is 1.15. The van der Waals surface area contributed by atoms with Crippen molar-refractivity contribution in [2.24, 2.45) is 5.73 Å². The van der Waals surface area contributed by atoms with Crippen LogP contribution in [0.5, 0.6) is 0 Å². The van der Waals surface area contributed by atoms with Gasteiger partial charge in [0.05, 0.1) is 6.04 Å². The molecule has 1 aromatic rings. The van der Waals surface area contributed by atoms with Gasteiger partial charge in [-0.3, -0.25) is 4.90 Å². The maximum atomic E-state index is 5.80. The van der Waals surface area contributed by atoms with Gasteiger partial charge in [-0.25, -0.2) is 0 Å². The zero-order valence-electron chi connectivity index (χ0n) is 8.83. The second-order valence-electron chi connectivity index (χ2n) is 3.68. The predicted octanol–water partition coefficient (Wildman–Crippen LogP) is 2.85. The second kappa shape index (κ2) is 5.26. The lowest BCUT2D eigenvalue weighted by Gasteiger charge is -2.29. The molecule has 14 heavy (non-hydrogen) atoms. The molecule has 0 spiro atoms. The number of hydrogen-bond acceptors (Lipinski definition) is 3. The number of nitrogens with zero attached hydrogens (tertiary/aromatic N) is 1. The van der Waals surface area contributed by atoms with E-state index in [0.29, 0.717) is 18.6 Å². The highest BCUT2D eigenvalue weighted by molar-refractivity contribution is 9.10. The van der Waals surface area contributed by atoms with Crippen molar-refractivity contribution in [3.8, 4) is 0 Å². The molecule has 4 heteroatoms. The lowest BCUT2D eigenvalue weighted by molar-refractivity contribution is 0.204. The number of nitrogens with two attached hydrogens (primary N) is 1. The normalized spacial score (nSPS) is 13.9. The van der Waals surface area contributed by atoms with Gasteiger partial charge >= 0.3 is 0 Å². The molecule has 1 rings (SSSR count). The van der Waals surface area contributed by atoms with Crippen molar-refractivity contribution in [1.29, 1.82) is 0 Å². The molecule has 0 saturated heterocycles. The average Bonchev–Trinajstić information content (AvgIpc) is 2.53. The van der Waals surface area contributed by atoms with Crippen LogP contribution in [-0.4, -0.2) is 24.5 Å². The Morgan fingerprint density at radius 2 is 2.21 bits per heavy atom. The fourth-order valence-electron chi connectivity index (χ4n) is 1.35. The molecule has 0 amide bonds. The molecule has 1 unspecified atom stereocenters. The van der Waals surface area contributed by atoms with E-state index in [9.17, 15) is 0 Å². The largest absolute Gasteiger partial charge is 0.329 e. The van der Waals surface area contributed by atoms with Gasteiger partial charge in [-0.1, -0.05) is 0 Å². The van der Waals surface area contributed by atoms with Gasteiger partial charge in [-0.05, 0) is 42.9 Å². The standard InChI is InChI=1S/C10H17BrN2S/c1-7(2)13(3)9(5-12)10-4-8(11)6-14-10/h4,6-7,9H,5,12H2,1-3H3. The lowest BCUT2D eigenvalue weighted by atomic mass is 10.2. The monoisotopic (exact) mass is 276 g/mol. The summed E-state index contributed by atoms with van der Waals surface area (Å²) in [5.41, 5.74) is 5.80. The summed E-state index contributed by atoms with van der Waals surface area (Å²) in [6, 6.07) is 3.01. The van der Waals surface area contributed by atoms with Gasteiger partial charge in [0, 0.05) is 27.3 Å². The fraction of sp³-hybridized carbons (Fsp3) is 0.600. The third kappa shape index (κ3) is 2.79. The number of likely N-dealkylation sites (N-methyl/N-ethyl adjacent to an activating group) is 1. The van der Waals surface area contributed by atoms with Crippen molar-refractivity contribution in [1.82, 2.24) is 4.90 Å². The summed E-state index contributed by atoms with van der Waals surface area (Å²) >= 11 is 5.23. The van der Waals surface area contributed by atoms with Crippen molar-refractivity contribution in [2.75, 3.05) is 13.6 Å². The minimum absolute atomic E-state index is 0.339. The van der Waals surface area contributed by atoms with Gasteiger partial charge in [-0.2, -0.15) is 0 Å². The first-order valence-corrected chi connectivity index (χ1v) is 6.39. The van der Waals surface area contributed by atoms with E-state index < -0.39 is 0 Å². The van der Waals surface area contributed by atoms with E-state index in [4.69, 9.17) is 5.73 Å². The molecule has 0 radical (unpaired) electrons. The molecule has 0 aliphatic heterocycles. The summed E-state index contributed by atoms with van der Waals surface area (Å²) in [5.74, 6) is 0. The first-order chi connectivity index (χ1) is 6.56. The number of hydrogen-bond donors (Lipinski definition) is 1. The Morgan fingerprint density at radius 3 is 2.57 bits per heavy atom. The molecule has 80 valence electrons. The highest BCUT2D eigenvalue weighted by Crippen LogP contribution is 2.29. The van der Waals surface area contributed by atoms with E-state index in [0.717, 1.165) is 4.47 Å². The van der Waals surface area contributed by atoms with Gasteiger partial charge in [0.1, 0.15) is 0 Å². The third-order valence-electron chi connectivity index (χ3n) is 2.45. The molecule has 0 bridgehead atoms. The molecule has 0 saturated carbocycles. The van der Waals surface area contributed by atoms with Crippen molar-refractivity contribution in [3.05, 3.63) is 20.8 Å². The van der Waals surface area contributed by atoms with Crippen molar-refractivity contribution >= 4 is 27.3 Å². The molecule has 1 atom stereocenters. The topological polar surface area (TPSA) is 29.3 Å². The first kappa shape index (κ1) is 12.2. The molecule has 0 aromatic carbocycles. The van der Waals surface area contributed by atoms with Gasteiger partial charge in [-0.15, -0.1) is 11.3 Å². The summed E-state index contributed by atoms with van der Waals surface area (Å²) in [5, 5.41) is 2.10. The summed E-state index contributed by atoms with van der Waals surface area (Å²) in [7, 11) is 2.12. The van der Waals surface area contributed by atoms with Crippen molar-refractivity contribution in [2.45, 2.75) is 25.9 Å². The summed E-state index contributed by atoms with van der Waals surface area (Å²) in [6.45, 7) is 5.04. The molecular weight excluding hydrogens is 260 g/mol. The first-order valence-electron chi connectivity index (χ1n) is 4.72. The Labute approximate surface area is 98.2 Å². The van der Waals surface area contributed by atoms with Crippen LogP contribution in [0.2, 0.25) is 0 Å². The molecule has 2 N–H and O–H groups in total. The van der Waals surface area contributed by atoms with Crippen LogP contribution in [0, 0.1) is 0 Å². The van der Waals surface area contributed by atoms with Crippen LogP contribution in [0.4, 0.5) is 0 Å². The van der Waals surface area contributed by atoms with Gasteiger partial charge < -0.3 is 5.73 Å². The minimum atomic E-state index is 0.339. The number of thiophene rings is 1. The highest BCUT2D eigenvalue weighted by atomic mass is 79.9. The SMILES string of the molecule is CC(C)N(C)C(CN)c1cc(Br)cs1. The quantitative estimate of drug-likeness (QED) is 0.917. The molecular formula is C10H17BrN2S. The smallest absolute Gasteiger partial charge is 0.0564 e. The van der Waals surface area contributed by atoms with Crippen LogP contribution in [0.15, 0.2) is 15.9 Å². The van der Waals surface area contributed by atoms with E-state index in [1.807, 2.05) is 0 Å². The molecule has 1 heterocycles. The van der Waals surface area contributed by atoms with E-state index in [1.165, 1.54) is 4.88 Å². The van der Waals surface area contributed by atoms with Crippen LogP contribution in [-0.2, 0) is 0 Å². The Bertz CT molecular complexity index is 285. The van der Waals surface area contributed by atoms with Crippen molar-refractivity contribution < 1.29 is 0 Å². The van der Waals surface area contributed by atoms with E-state index in [2.05, 4.69) is 53.2 Å². The second-order valence-corrected chi connectivity index (χ2v) is 5.54. The summed E-state index contributed by atoms with van der Waals surface area (Å²) in [6.07, 6.45) is 0. The van der Waals surface area contributed by atoms with Gasteiger partial charge in [0.15, 0.2) is 0 Å². The average molecular weight is 277 g/mol. The zero-order valence-corrected chi connectivity index (χ0v) is 11.2. The maximum Gasteiger partial charge on any atom is 0.0564 e. The molecule has 0 fully saturated rings. The van der Waals surface area contributed by atoms with Crippen LogP contribution in [0.3, 0.4) is 0 Å². The number of halogens is 1. The Morgan fingerprint density at radius 1 is 1.57 bits per heavy atom. The van der Waals surface area contributed by atoms with Gasteiger partial charge in [0.25, 0.3) is 0 Å². The fourth-order valence-corrected chi connectivity index (χ4v) is 2.96. The zero-order chi connectivity index (χ0) is 10.7.